The molecule has 5 rings (SSSR count). The Hall–Kier alpha value is -3.17. The zero-order chi connectivity index (χ0) is 30.2. The number of rotatable bonds is 10. The van der Waals surface area contributed by atoms with E-state index in [1.165, 1.54) is 0 Å². The van der Waals surface area contributed by atoms with Gasteiger partial charge in [0.25, 0.3) is 0 Å². The number of nitrogens with zero attached hydrogens (tertiary/aromatic N) is 3. The van der Waals surface area contributed by atoms with Gasteiger partial charge < -0.3 is 29.3 Å². The molecule has 0 saturated carbocycles. The number of hydrogen-bond acceptors (Lipinski definition) is 6. The number of anilines is 1. The molecule has 0 aliphatic carbocycles. The molecule has 2 fully saturated rings. The zero-order valence-electron chi connectivity index (χ0n) is 25.4. The second kappa shape index (κ2) is 12.2. The number of fused-ring (bicyclic) bond motifs is 2. The summed E-state index contributed by atoms with van der Waals surface area (Å²) in [5, 5.41) is 10.5. The van der Waals surface area contributed by atoms with Gasteiger partial charge in [0.15, 0.2) is 0 Å². The molecular weight excluding hydrogens is 534 g/mol. The molecule has 2 saturated heterocycles. The van der Waals surface area contributed by atoms with Crippen LogP contribution in [0.3, 0.4) is 0 Å². The molecule has 42 heavy (non-hydrogen) atoms. The van der Waals surface area contributed by atoms with Crippen LogP contribution in [0.25, 0.3) is 0 Å². The van der Waals surface area contributed by atoms with Gasteiger partial charge in [0.1, 0.15) is 17.4 Å². The molecule has 7 atom stereocenters. The van der Waals surface area contributed by atoms with Crippen LogP contribution in [0.4, 0.5) is 5.69 Å². The third-order valence-corrected chi connectivity index (χ3v) is 9.17. The molecule has 2 unspecified atom stereocenters. The summed E-state index contributed by atoms with van der Waals surface area (Å²) < 4.78 is 12.4. The number of hydrogen-bond donors (Lipinski definition) is 1. The van der Waals surface area contributed by atoms with Gasteiger partial charge in [-0.05, 0) is 56.9 Å². The molecule has 1 spiro atoms. The van der Waals surface area contributed by atoms with Crippen LogP contribution in [-0.4, -0.2) is 88.8 Å². The van der Waals surface area contributed by atoms with Crippen molar-refractivity contribution in [3.63, 3.8) is 0 Å². The predicted octanol–water partition coefficient (Wildman–Crippen LogP) is 3.56. The van der Waals surface area contributed by atoms with Gasteiger partial charge in [0.05, 0.1) is 37.2 Å². The van der Waals surface area contributed by atoms with E-state index in [1.54, 1.807) is 9.80 Å². The summed E-state index contributed by atoms with van der Waals surface area (Å²) in [6.45, 7) is 11.1. The van der Waals surface area contributed by atoms with Crippen LogP contribution in [0, 0.1) is 17.8 Å². The fourth-order valence-corrected chi connectivity index (χ4v) is 7.40. The highest BCUT2D eigenvalue weighted by molar-refractivity contribution is 6.04. The summed E-state index contributed by atoms with van der Waals surface area (Å²) >= 11 is 0. The van der Waals surface area contributed by atoms with Gasteiger partial charge >= 0.3 is 0 Å². The van der Waals surface area contributed by atoms with Crippen molar-refractivity contribution in [2.45, 2.75) is 83.7 Å². The van der Waals surface area contributed by atoms with Crippen molar-refractivity contribution in [2.24, 2.45) is 17.8 Å². The van der Waals surface area contributed by atoms with E-state index >= 15 is 0 Å². The number of carbonyl (C=O) groups is 3. The van der Waals surface area contributed by atoms with Crippen LogP contribution in [0.5, 0.6) is 5.75 Å². The summed E-state index contributed by atoms with van der Waals surface area (Å²) in [7, 11) is 0. The maximum absolute atomic E-state index is 14.6. The molecule has 0 radical (unpaired) electrons. The molecule has 4 heterocycles. The van der Waals surface area contributed by atoms with Gasteiger partial charge in [0.2, 0.25) is 17.7 Å². The van der Waals surface area contributed by atoms with E-state index in [1.807, 2.05) is 81.2 Å². The Morgan fingerprint density at radius 2 is 1.76 bits per heavy atom. The largest absolute Gasteiger partial charge is 0.494 e. The monoisotopic (exact) mass is 579 g/mol. The fraction of sp³-hybridized carbons (Fsp3) is 0.606. The molecule has 0 bridgehead atoms. The van der Waals surface area contributed by atoms with E-state index in [2.05, 4.69) is 6.92 Å². The molecule has 4 aliphatic rings. The van der Waals surface area contributed by atoms with E-state index in [9.17, 15) is 19.5 Å². The van der Waals surface area contributed by atoms with E-state index in [-0.39, 0.29) is 36.3 Å². The minimum Gasteiger partial charge on any atom is -0.494 e. The SMILES string of the molecule is CCCC(C)N1CC=C[C@]23O[C@@H]4C=CCN(c5ccc(OCC)cc5)C(=O)[C@@H]4[C@H]2C(=O)N([C@@H](CO)CC(C)C)C3C1=O. The second-order valence-electron chi connectivity index (χ2n) is 12.4. The Kier molecular flexibility index (Phi) is 8.81. The normalized spacial score (nSPS) is 30.3. The molecule has 9 heteroatoms. The number of amides is 3. The van der Waals surface area contributed by atoms with Crippen molar-refractivity contribution in [3.05, 3.63) is 48.6 Å². The summed E-state index contributed by atoms with van der Waals surface area (Å²) in [5.41, 5.74) is -0.607. The van der Waals surface area contributed by atoms with Crippen LogP contribution in [0.1, 0.15) is 53.9 Å². The van der Waals surface area contributed by atoms with Gasteiger partial charge in [-0.3, -0.25) is 14.4 Å². The Morgan fingerprint density at radius 3 is 2.40 bits per heavy atom. The first kappa shape index (κ1) is 30.3. The molecule has 1 aromatic rings. The van der Waals surface area contributed by atoms with E-state index in [4.69, 9.17) is 9.47 Å². The van der Waals surface area contributed by atoms with E-state index < -0.39 is 35.6 Å². The summed E-state index contributed by atoms with van der Waals surface area (Å²) in [6, 6.07) is 5.81. The number of ether oxygens (including phenoxy) is 2. The van der Waals surface area contributed by atoms with Gasteiger partial charge in [-0.2, -0.15) is 0 Å². The van der Waals surface area contributed by atoms with Crippen molar-refractivity contribution in [3.8, 4) is 5.75 Å². The standard InChI is InChI=1S/C33H45N3O6/c1-6-10-22(5)34-18-9-16-33-28(31(39)36(29(33)32(34)40)24(20-37)19-21(3)4)27-26(42-33)11-8-17-35(30(27)38)23-12-14-25(15-13-23)41-7-2/h8-9,11-16,21-22,24,26-29,37H,6-7,10,17-20H2,1-5H3/t22?,24-,26-,27+,28+,29?,33+/m1/s1. The summed E-state index contributed by atoms with van der Waals surface area (Å²) in [5.74, 6) is -1.50. The number of aliphatic hydroxyl groups is 1. The fourth-order valence-electron chi connectivity index (χ4n) is 7.40. The first-order valence-electron chi connectivity index (χ1n) is 15.5. The zero-order valence-corrected chi connectivity index (χ0v) is 25.4. The minimum atomic E-state index is -1.31. The van der Waals surface area contributed by atoms with E-state index in [0.717, 1.165) is 12.8 Å². The first-order valence-corrected chi connectivity index (χ1v) is 15.5. The second-order valence-corrected chi connectivity index (χ2v) is 12.4. The number of likely N-dealkylation sites (tertiary alicyclic amines) is 1. The highest BCUT2D eigenvalue weighted by atomic mass is 16.5. The van der Waals surface area contributed by atoms with Crippen molar-refractivity contribution in [2.75, 3.05) is 31.2 Å². The molecule has 3 amide bonds. The Labute approximate surface area is 249 Å². The lowest BCUT2D eigenvalue weighted by Crippen LogP contribution is -2.59. The minimum absolute atomic E-state index is 0.0282. The Morgan fingerprint density at radius 1 is 1.02 bits per heavy atom. The van der Waals surface area contributed by atoms with Crippen LogP contribution < -0.4 is 9.64 Å². The van der Waals surface area contributed by atoms with Gasteiger partial charge in [-0.15, -0.1) is 0 Å². The molecule has 9 nitrogen and oxygen atoms in total. The lowest BCUT2D eigenvalue weighted by atomic mass is 9.77. The topological polar surface area (TPSA) is 99.6 Å². The average Bonchev–Trinajstić information content (AvgIpc) is 3.28. The third kappa shape index (κ3) is 5.04. The number of benzene rings is 1. The van der Waals surface area contributed by atoms with Crippen LogP contribution in [-0.2, 0) is 19.1 Å². The van der Waals surface area contributed by atoms with Gasteiger partial charge in [0, 0.05) is 24.8 Å². The van der Waals surface area contributed by atoms with Crippen molar-refractivity contribution in [1.29, 1.82) is 0 Å². The highest BCUT2D eigenvalue weighted by Crippen LogP contribution is 2.54. The Bertz CT molecular complexity index is 1230. The van der Waals surface area contributed by atoms with E-state index in [0.29, 0.717) is 37.6 Å². The van der Waals surface area contributed by atoms with Gasteiger partial charge in [-0.25, -0.2) is 0 Å². The van der Waals surface area contributed by atoms with Crippen molar-refractivity contribution < 1.29 is 29.0 Å². The quantitative estimate of drug-likeness (QED) is 0.426. The predicted molar refractivity (Wildman–Crippen MR) is 160 cm³/mol. The molecule has 1 N–H and O–H groups in total. The molecular formula is C33H45N3O6. The van der Waals surface area contributed by atoms with Crippen LogP contribution >= 0.6 is 0 Å². The highest BCUT2D eigenvalue weighted by Gasteiger charge is 2.72. The van der Waals surface area contributed by atoms with Gasteiger partial charge in [-0.1, -0.05) is 51.5 Å². The number of carbonyl (C=O) groups excluding carboxylic acids is 3. The lowest BCUT2D eigenvalue weighted by Gasteiger charge is -2.40. The maximum Gasteiger partial charge on any atom is 0.249 e. The maximum atomic E-state index is 14.6. The van der Waals surface area contributed by atoms with Crippen molar-refractivity contribution in [1.82, 2.24) is 9.80 Å². The third-order valence-electron chi connectivity index (χ3n) is 9.17. The molecule has 228 valence electrons. The smallest absolute Gasteiger partial charge is 0.249 e. The Balaban J connectivity index is 1.58. The summed E-state index contributed by atoms with van der Waals surface area (Å²) in [6.07, 6.45) is 9.20. The molecule has 0 aromatic heterocycles. The average molecular weight is 580 g/mol. The first-order chi connectivity index (χ1) is 20.2. The lowest BCUT2D eigenvalue weighted by molar-refractivity contribution is -0.152. The number of aliphatic hydroxyl groups excluding tert-OH is 1. The van der Waals surface area contributed by atoms with Crippen molar-refractivity contribution >= 4 is 23.4 Å². The molecule has 4 aliphatic heterocycles. The van der Waals surface area contributed by atoms with Crippen LogP contribution in [0.2, 0.25) is 0 Å². The molecule has 1 aromatic carbocycles. The van der Waals surface area contributed by atoms with Crippen LogP contribution in [0.15, 0.2) is 48.6 Å². The summed E-state index contributed by atoms with van der Waals surface area (Å²) in [4.78, 5) is 48.5.